The van der Waals surface area contributed by atoms with Gasteiger partial charge in [0, 0.05) is 12.3 Å². The van der Waals surface area contributed by atoms with Crippen LogP contribution in [0, 0.1) is 11.3 Å². The number of nitrogens with zero attached hydrogens (tertiary/aromatic N) is 1. The van der Waals surface area contributed by atoms with E-state index in [0.29, 0.717) is 10.6 Å². The van der Waals surface area contributed by atoms with Crippen molar-refractivity contribution < 1.29 is 9.90 Å². The van der Waals surface area contributed by atoms with Crippen LogP contribution in [0.15, 0.2) is 34.9 Å². The van der Waals surface area contributed by atoms with E-state index in [1.54, 1.807) is 36.0 Å². The van der Waals surface area contributed by atoms with Gasteiger partial charge in [-0.05, 0) is 29.9 Å². The number of phenolic OH excluding ortho intramolecular Hbond substituents is 1. The first kappa shape index (κ1) is 17.4. The van der Waals surface area contributed by atoms with E-state index < -0.39 is 0 Å². The van der Waals surface area contributed by atoms with Crippen molar-refractivity contribution in [2.24, 2.45) is 0 Å². The zero-order valence-corrected chi connectivity index (χ0v) is 14.2. The van der Waals surface area contributed by atoms with Crippen LogP contribution in [0.1, 0.15) is 50.5 Å². The number of amides is 1. The zero-order valence-electron chi connectivity index (χ0n) is 13.3. The summed E-state index contributed by atoms with van der Waals surface area (Å²) < 4.78 is 0. The van der Waals surface area contributed by atoms with E-state index in [1.807, 2.05) is 0 Å². The van der Waals surface area contributed by atoms with Crippen LogP contribution in [0.4, 0.5) is 0 Å². The molecule has 0 bridgehead atoms. The Morgan fingerprint density at radius 3 is 2.70 bits per heavy atom. The van der Waals surface area contributed by atoms with Crippen molar-refractivity contribution in [3.8, 4) is 11.8 Å². The molecule has 0 saturated heterocycles. The van der Waals surface area contributed by atoms with E-state index in [2.05, 4.69) is 18.3 Å². The monoisotopic (exact) mass is 330 g/mol. The molecule has 0 aliphatic carbocycles. The van der Waals surface area contributed by atoms with Gasteiger partial charge in [0.05, 0.1) is 16.7 Å². The molecule has 122 valence electrons. The molecule has 0 spiro atoms. The maximum absolute atomic E-state index is 12.0. The maximum atomic E-state index is 12.0. The van der Waals surface area contributed by atoms with E-state index in [1.165, 1.54) is 19.3 Å². The fraction of sp³-hybridized carbons (Fsp3) is 0.444. The molecule has 1 heterocycles. The third kappa shape index (κ3) is 4.77. The lowest BCUT2D eigenvalue weighted by atomic mass is 9.87. The Balaban J connectivity index is 2.14. The number of benzene rings is 1. The van der Waals surface area contributed by atoms with Crippen LogP contribution < -0.4 is 5.32 Å². The van der Waals surface area contributed by atoms with Crippen molar-refractivity contribution in [2.75, 3.05) is 5.75 Å². The van der Waals surface area contributed by atoms with Gasteiger partial charge in [0.1, 0.15) is 5.75 Å². The average molecular weight is 330 g/mol. The number of phenols is 1. The molecule has 0 saturated carbocycles. The van der Waals surface area contributed by atoms with Gasteiger partial charge < -0.3 is 10.4 Å². The van der Waals surface area contributed by atoms with Crippen molar-refractivity contribution in [3.05, 3.63) is 40.4 Å². The van der Waals surface area contributed by atoms with Gasteiger partial charge in [-0.15, -0.1) is 11.8 Å². The summed E-state index contributed by atoms with van der Waals surface area (Å²) in [7, 11) is 0. The highest BCUT2D eigenvalue weighted by atomic mass is 32.2. The molecule has 0 fully saturated rings. The summed E-state index contributed by atoms with van der Waals surface area (Å²) in [6.07, 6.45) is 4.94. The minimum Gasteiger partial charge on any atom is -0.508 e. The molecule has 2 rings (SSSR count). The number of hydrogen-bond acceptors (Lipinski definition) is 4. The molecule has 1 aliphatic rings. The van der Waals surface area contributed by atoms with Crippen LogP contribution in [0.2, 0.25) is 0 Å². The first-order valence-electron chi connectivity index (χ1n) is 8.01. The Hall–Kier alpha value is -1.93. The third-order valence-corrected chi connectivity index (χ3v) is 5.00. The number of rotatable bonds is 7. The van der Waals surface area contributed by atoms with Crippen LogP contribution in [0.25, 0.3) is 0 Å². The molecule has 23 heavy (non-hydrogen) atoms. The van der Waals surface area contributed by atoms with E-state index in [9.17, 15) is 15.2 Å². The van der Waals surface area contributed by atoms with E-state index in [4.69, 9.17) is 0 Å². The SMILES string of the molecule is CCCCCCSC1=C(C#N)[C@H](c2ccc(O)cc2)CC(=O)N1. The third-order valence-electron chi connectivity index (χ3n) is 3.90. The van der Waals surface area contributed by atoms with Crippen molar-refractivity contribution in [1.82, 2.24) is 5.32 Å². The summed E-state index contributed by atoms with van der Waals surface area (Å²) in [6.45, 7) is 2.17. The quantitative estimate of drug-likeness (QED) is 0.740. The summed E-state index contributed by atoms with van der Waals surface area (Å²) in [5.74, 6) is 0.802. The van der Waals surface area contributed by atoms with E-state index >= 15 is 0 Å². The fourth-order valence-electron chi connectivity index (χ4n) is 2.63. The molecular formula is C18H22N2O2S. The highest BCUT2D eigenvalue weighted by molar-refractivity contribution is 8.03. The Kier molecular flexibility index (Phi) is 6.54. The van der Waals surface area contributed by atoms with E-state index in [-0.39, 0.29) is 24.0 Å². The summed E-state index contributed by atoms with van der Waals surface area (Å²) in [6, 6.07) is 9.01. The highest BCUT2D eigenvalue weighted by Crippen LogP contribution is 2.36. The van der Waals surface area contributed by atoms with Crippen LogP contribution in [0.3, 0.4) is 0 Å². The lowest BCUT2D eigenvalue weighted by molar-refractivity contribution is -0.120. The fourth-order valence-corrected chi connectivity index (χ4v) is 3.71. The second-order valence-corrected chi connectivity index (χ2v) is 6.77. The molecule has 1 atom stereocenters. The smallest absolute Gasteiger partial charge is 0.225 e. The Labute approximate surface area is 141 Å². The summed E-state index contributed by atoms with van der Waals surface area (Å²) in [5.41, 5.74) is 1.51. The van der Waals surface area contributed by atoms with Gasteiger partial charge in [-0.25, -0.2) is 0 Å². The van der Waals surface area contributed by atoms with Crippen LogP contribution in [-0.4, -0.2) is 16.8 Å². The van der Waals surface area contributed by atoms with Gasteiger partial charge in [-0.2, -0.15) is 5.26 Å². The van der Waals surface area contributed by atoms with Gasteiger partial charge >= 0.3 is 0 Å². The topological polar surface area (TPSA) is 73.1 Å². The molecule has 0 unspecified atom stereocenters. The van der Waals surface area contributed by atoms with Crippen LogP contribution >= 0.6 is 11.8 Å². The van der Waals surface area contributed by atoms with Crippen molar-refractivity contribution in [2.45, 2.75) is 44.9 Å². The number of allylic oxidation sites excluding steroid dienone is 1. The lowest BCUT2D eigenvalue weighted by Crippen LogP contribution is -2.30. The minimum absolute atomic E-state index is 0.0573. The number of thioether (sulfide) groups is 1. The largest absolute Gasteiger partial charge is 0.508 e. The molecule has 4 nitrogen and oxygen atoms in total. The number of hydrogen-bond donors (Lipinski definition) is 2. The molecule has 0 radical (unpaired) electrons. The van der Waals surface area contributed by atoms with Crippen molar-refractivity contribution >= 4 is 17.7 Å². The predicted molar refractivity (Wildman–Crippen MR) is 92.8 cm³/mol. The molecule has 0 aromatic heterocycles. The number of nitriles is 1. The maximum Gasteiger partial charge on any atom is 0.225 e. The first-order chi connectivity index (χ1) is 11.2. The number of carbonyl (C=O) groups is 1. The molecule has 1 amide bonds. The molecule has 1 aromatic rings. The van der Waals surface area contributed by atoms with Gasteiger partial charge in [0.25, 0.3) is 0 Å². The second-order valence-electron chi connectivity index (χ2n) is 5.66. The second kappa shape index (κ2) is 8.64. The van der Waals surface area contributed by atoms with Crippen LogP contribution in [0.5, 0.6) is 5.75 Å². The van der Waals surface area contributed by atoms with Crippen LogP contribution in [-0.2, 0) is 4.79 Å². The number of nitrogens with one attached hydrogen (secondary N) is 1. The molecule has 1 aromatic carbocycles. The Bertz CT molecular complexity index is 617. The van der Waals surface area contributed by atoms with Gasteiger partial charge in [-0.3, -0.25) is 4.79 Å². The normalized spacial score (nSPS) is 17.7. The van der Waals surface area contributed by atoms with Gasteiger partial charge in [0.15, 0.2) is 0 Å². The molecular weight excluding hydrogens is 308 g/mol. The Morgan fingerprint density at radius 2 is 2.04 bits per heavy atom. The van der Waals surface area contributed by atoms with Gasteiger partial charge in [-0.1, -0.05) is 38.3 Å². The van der Waals surface area contributed by atoms with Gasteiger partial charge in [0.2, 0.25) is 5.91 Å². The Morgan fingerprint density at radius 1 is 1.30 bits per heavy atom. The number of carbonyl (C=O) groups excluding carboxylic acids is 1. The highest BCUT2D eigenvalue weighted by Gasteiger charge is 2.29. The summed E-state index contributed by atoms with van der Waals surface area (Å²) >= 11 is 1.56. The number of unbranched alkanes of at least 4 members (excludes halogenated alkanes) is 3. The number of aromatic hydroxyl groups is 1. The summed E-state index contributed by atoms with van der Waals surface area (Å²) in [5, 5.41) is 22.5. The van der Waals surface area contributed by atoms with E-state index in [0.717, 1.165) is 17.7 Å². The average Bonchev–Trinajstić information content (AvgIpc) is 2.55. The standard InChI is InChI=1S/C18H22N2O2S/c1-2-3-4-5-10-23-18-16(12-19)15(11-17(22)20-18)13-6-8-14(21)9-7-13/h6-9,15,21H,2-5,10-11H2,1H3,(H,20,22)/t15-/m0/s1. The lowest BCUT2D eigenvalue weighted by Gasteiger charge is -2.25. The first-order valence-corrected chi connectivity index (χ1v) is 9.00. The molecule has 2 N–H and O–H groups in total. The van der Waals surface area contributed by atoms with Crippen molar-refractivity contribution in [3.63, 3.8) is 0 Å². The molecule has 5 heteroatoms. The minimum atomic E-state index is -0.229. The predicted octanol–water partition coefficient (Wildman–Crippen LogP) is 4.04. The van der Waals surface area contributed by atoms with Crippen molar-refractivity contribution in [1.29, 1.82) is 5.26 Å². The zero-order chi connectivity index (χ0) is 16.7. The summed E-state index contributed by atoms with van der Waals surface area (Å²) in [4.78, 5) is 12.0. The molecule has 1 aliphatic heterocycles.